The first-order valence-corrected chi connectivity index (χ1v) is 5.34. The van der Waals surface area contributed by atoms with Crippen LogP contribution in [0.3, 0.4) is 0 Å². The van der Waals surface area contributed by atoms with Crippen LogP contribution in [0.5, 0.6) is 0 Å². The SMILES string of the molecule is C1CCC[N+]2(CC1)CCOCC2.[Br-]. The van der Waals surface area contributed by atoms with Crippen LogP contribution in [0.2, 0.25) is 0 Å². The predicted octanol–water partition coefficient (Wildman–Crippen LogP) is -1.59. The van der Waals surface area contributed by atoms with Crippen molar-refractivity contribution < 1.29 is 26.2 Å². The lowest BCUT2D eigenvalue weighted by molar-refractivity contribution is -0.934. The molecule has 0 aromatic heterocycles. The Kier molecular flexibility index (Phi) is 4.70. The molecule has 0 bridgehead atoms. The smallest absolute Gasteiger partial charge is 0.102 e. The molecule has 0 atom stereocenters. The molecule has 2 heterocycles. The molecule has 78 valence electrons. The van der Waals surface area contributed by atoms with Crippen LogP contribution in [0.25, 0.3) is 0 Å². The van der Waals surface area contributed by atoms with Crippen molar-refractivity contribution >= 4 is 0 Å². The highest BCUT2D eigenvalue weighted by Gasteiger charge is 2.30. The van der Waals surface area contributed by atoms with Crippen molar-refractivity contribution in [3.63, 3.8) is 0 Å². The van der Waals surface area contributed by atoms with Gasteiger partial charge < -0.3 is 26.2 Å². The van der Waals surface area contributed by atoms with Gasteiger partial charge in [0.25, 0.3) is 0 Å². The molecule has 3 heteroatoms. The summed E-state index contributed by atoms with van der Waals surface area (Å²) in [6.45, 7) is 7.40. The van der Waals surface area contributed by atoms with Gasteiger partial charge in [0.15, 0.2) is 0 Å². The lowest BCUT2D eigenvalue weighted by atomic mass is 10.2. The summed E-state index contributed by atoms with van der Waals surface area (Å²) in [5.41, 5.74) is 0. The molecule has 0 aliphatic carbocycles. The van der Waals surface area contributed by atoms with E-state index >= 15 is 0 Å². The zero-order valence-corrected chi connectivity index (χ0v) is 9.89. The average Bonchev–Trinajstić information content (AvgIpc) is 2.33. The molecule has 0 saturated carbocycles. The molecule has 0 N–H and O–H groups in total. The Labute approximate surface area is 91.6 Å². The van der Waals surface area contributed by atoms with Crippen LogP contribution in [0.15, 0.2) is 0 Å². The second kappa shape index (κ2) is 5.32. The molecule has 0 aromatic carbocycles. The number of hydrogen-bond acceptors (Lipinski definition) is 1. The van der Waals surface area contributed by atoms with E-state index < -0.39 is 0 Å². The molecule has 2 nitrogen and oxygen atoms in total. The number of nitrogens with zero attached hydrogens (tertiary/aromatic N) is 1. The Morgan fingerprint density at radius 2 is 1.23 bits per heavy atom. The maximum absolute atomic E-state index is 5.42. The minimum atomic E-state index is 0. The third-order valence-corrected chi connectivity index (χ3v) is 3.43. The summed E-state index contributed by atoms with van der Waals surface area (Å²) in [6.07, 6.45) is 5.81. The van der Waals surface area contributed by atoms with Gasteiger partial charge in [0.1, 0.15) is 13.1 Å². The Bertz CT molecular complexity index is 136. The quantitative estimate of drug-likeness (QED) is 0.471. The lowest BCUT2D eigenvalue weighted by Gasteiger charge is -2.40. The second-order valence-corrected chi connectivity index (χ2v) is 4.26. The van der Waals surface area contributed by atoms with Crippen molar-refractivity contribution in [1.82, 2.24) is 0 Å². The maximum atomic E-state index is 5.42. The van der Waals surface area contributed by atoms with Crippen LogP contribution in [0.4, 0.5) is 0 Å². The van der Waals surface area contributed by atoms with Gasteiger partial charge in [0.2, 0.25) is 0 Å². The van der Waals surface area contributed by atoms with Crippen LogP contribution >= 0.6 is 0 Å². The highest BCUT2D eigenvalue weighted by molar-refractivity contribution is 4.56. The maximum Gasteiger partial charge on any atom is 0.102 e. The Hall–Kier alpha value is 0.400. The van der Waals surface area contributed by atoms with Crippen molar-refractivity contribution in [1.29, 1.82) is 0 Å². The summed E-state index contributed by atoms with van der Waals surface area (Å²) < 4.78 is 6.80. The summed E-state index contributed by atoms with van der Waals surface area (Å²) in [6, 6.07) is 0. The summed E-state index contributed by atoms with van der Waals surface area (Å²) in [7, 11) is 0. The molecule has 2 fully saturated rings. The first kappa shape index (κ1) is 11.5. The summed E-state index contributed by atoms with van der Waals surface area (Å²) >= 11 is 0. The standard InChI is InChI=1S/C10H20NO.BrH/c1-2-4-6-11(5-3-1)7-9-12-10-8-11;/h1-10H2;1H/q+1;/p-1. The van der Waals surface area contributed by atoms with Gasteiger partial charge in [-0.05, 0) is 25.7 Å². The largest absolute Gasteiger partial charge is 1.00 e. The molecule has 0 amide bonds. The molecular formula is C10H20BrNO. The van der Waals surface area contributed by atoms with E-state index in [0.29, 0.717) is 0 Å². The minimum absolute atomic E-state index is 0. The molecule has 0 aromatic rings. The summed E-state index contributed by atoms with van der Waals surface area (Å²) in [4.78, 5) is 0. The molecule has 0 radical (unpaired) electrons. The van der Waals surface area contributed by atoms with Crippen LogP contribution < -0.4 is 17.0 Å². The van der Waals surface area contributed by atoms with Gasteiger partial charge in [-0.1, -0.05) is 0 Å². The Balaban J connectivity index is 0.000000845. The normalized spacial score (nSPS) is 27.7. The predicted molar refractivity (Wildman–Crippen MR) is 49.0 cm³/mol. The van der Waals surface area contributed by atoms with E-state index in [1.54, 1.807) is 0 Å². The van der Waals surface area contributed by atoms with Crippen molar-refractivity contribution in [2.75, 3.05) is 39.4 Å². The van der Waals surface area contributed by atoms with E-state index in [1.807, 2.05) is 0 Å². The molecule has 0 unspecified atom stereocenters. The second-order valence-electron chi connectivity index (χ2n) is 4.26. The van der Waals surface area contributed by atoms with Crippen molar-refractivity contribution in [2.24, 2.45) is 0 Å². The van der Waals surface area contributed by atoms with Gasteiger partial charge in [0, 0.05) is 0 Å². The monoisotopic (exact) mass is 249 g/mol. The van der Waals surface area contributed by atoms with Crippen molar-refractivity contribution in [3.8, 4) is 0 Å². The fourth-order valence-corrected chi connectivity index (χ4v) is 2.54. The molecule has 1 spiro atoms. The number of halogens is 1. The van der Waals surface area contributed by atoms with Gasteiger partial charge in [-0.2, -0.15) is 0 Å². The number of quaternary nitrogens is 1. The van der Waals surface area contributed by atoms with Crippen LogP contribution in [-0.2, 0) is 4.74 Å². The van der Waals surface area contributed by atoms with E-state index in [4.69, 9.17) is 4.74 Å². The molecular weight excluding hydrogens is 230 g/mol. The first-order chi connectivity index (χ1) is 5.91. The highest BCUT2D eigenvalue weighted by atomic mass is 79.9. The van der Waals surface area contributed by atoms with Gasteiger partial charge in [0.05, 0.1) is 26.3 Å². The molecule has 13 heavy (non-hydrogen) atoms. The van der Waals surface area contributed by atoms with Gasteiger partial charge in [-0.3, -0.25) is 0 Å². The van der Waals surface area contributed by atoms with E-state index in [9.17, 15) is 0 Å². The van der Waals surface area contributed by atoms with E-state index in [0.717, 1.165) is 13.2 Å². The van der Waals surface area contributed by atoms with Crippen LogP contribution in [0, 0.1) is 0 Å². The summed E-state index contributed by atoms with van der Waals surface area (Å²) in [5, 5.41) is 0. The Morgan fingerprint density at radius 3 is 1.77 bits per heavy atom. The Morgan fingerprint density at radius 1 is 0.692 bits per heavy atom. The topological polar surface area (TPSA) is 9.23 Å². The average molecular weight is 250 g/mol. The van der Waals surface area contributed by atoms with Crippen LogP contribution in [-0.4, -0.2) is 43.9 Å². The fourth-order valence-electron chi connectivity index (χ4n) is 2.54. The van der Waals surface area contributed by atoms with Crippen LogP contribution in [0.1, 0.15) is 25.7 Å². The molecule has 2 aliphatic rings. The summed E-state index contributed by atoms with van der Waals surface area (Å²) in [5.74, 6) is 0. The number of rotatable bonds is 0. The van der Waals surface area contributed by atoms with Crippen molar-refractivity contribution in [3.05, 3.63) is 0 Å². The van der Waals surface area contributed by atoms with E-state index in [-0.39, 0.29) is 17.0 Å². The van der Waals surface area contributed by atoms with Gasteiger partial charge >= 0.3 is 0 Å². The molecule has 2 rings (SSSR count). The third-order valence-electron chi connectivity index (χ3n) is 3.43. The number of hydrogen-bond donors (Lipinski definition) is 0. The van der Waals surface area contributed by atoms with E-state index in [2.05, 4.69) is 0 Å². The van der Waals surface area contributed by atoms with Crippen molar-refractivity contribution in [2.45, 2.75) is 25.7 Å². The molecule has 2 aliphatic heterocycles. The van der Waals surface area contributed by atoms with E-state index in [1.165, 1.54) is 56.3 Å². The molecule has 2 saturated heterocycles. The van der Waals surface area contributed by atoms with Gasteiger partial charge in [-0.15, -0.1) is 0 Å². The number of morpholine rings is 1. The zero-order chi connectivity index (χ0) is 8.28. The first-order valence-electron chi connectivity index (χ1n) is 5.34. The lowest BCUT2D eigenvalue weighted by Crippen LogP contribution is -3.00. The number of ether oxygens (including phenoxy) is 1. The zero-order valence-electron chi connectivity index (χ0n) is 8.30. The van der Waals surface area contributed by atoms with Gasteiger partial charge in [-0.25, -0.2) is 0 Å². The third kappa shape index (κ3) is 2.93. The highest BCUT2D eigenvalue weighted by Crippen LogP contribution is 2.19. The minimum Gasteiger partial charge on any atom is -1.00 e. The fraction of sp³-hybridized carbons (Fsp3) is 1.00.